The van der Waals surface area contributed by atoms with E-state index in [2.05, 4.69) is 46.9 Å². The Labute approximate surface area is 296 Å². The average Bonchev–Trinajstić information content (AvgIpc) is 3.14. The molecule has 0 aliphatic carbocycles. The summed E-state index contributed by atoms with van der Waals surface area (Å²) in [6, 6.07) is 15.5. The zero-order valence-corrected chi connectivity index (χ0v) is 30.6. The molecule has 0 radical (unpaired) electrons. The van der Waals surface area contributed by atoms with Gasteiger partial charge < -0.3 is 10.1 Å². The molecule has 6 heteroatoms. The minimum absolute atomic E-state index is 0.0141. The number of benzene rings is 2. The number of ether oxygens (including phenoxy) is 1. The topological polar surface area (TPSA) is 56.3 Å². The van der Waals surface area contributed by atoms with Crippen molar-refractivity contribution in [2.45, 2.75) is 117 Å². The summed E-state index contributed by atoms with van der Waals surface area (Å²) in [5.74, 6) is 1.51. The average molecular weight is 670 g/mol. The highest BCUT2D eigenvalue weighted by Crippen LogP contribution is 2.24. The first kappa shape index (κ1) is 41.0. The normalized spacial score (nSPS) is 11.6. The Balaban J connectivity index is 0.00000409. The van der Waals surface area contributed by atoms with Gasteiger partial charge in [0.25, 0.3) is 0 Å². The lowest BCUT2D eigenvalue weighted by atomic mass is 10.0. The van der Waals surface area contributed by atoms with E-state index in [1.54, 1.807) is 6.08 Å². The van der Waals surface area contributed by atoms with Crippen LogP contribution in [0.2, 0.25) is 0 Å². The third-order valence-electron chi connectivity index (χ3n) is 8.44. The monoisotopic (exact) mass is 669 g/mol. The number of hydrogen-bond acceptors (Lipinski definition) is 5. The van der Waals surface area contributed by atoms with Crippen molar-refractivity contribution in [3.63, 3.8) is 0 Å². The molecular weight excluding hydrogens is 609 g/mol. The maximum atomic E-state index is 13.0. The van der Waals surface area contributed by atoms with Crippen LogP contribution in [0.1, 0.15) is 110 Å². The molecule has 1 atom stereocenters. The first-order valence-electron chi connectivity index (χ1n) is 18.3. The number of unbranched alkanes of at least 4 members (excludes halogenated alkanes) is 11. The number of nitrogens with zero attached hydrogens (tertiary/aromatic N) is 2. The highest BCUT2D eigenvalue weighted by atomic mass is 19.3. The van der Waals surface area contributed by atoms with Gasteiger partial charge in [0.2, 0.25) is 0 Å². The highest BCUT2D eigenvalue weighted by molar-refractivity contribution is 5.64. The van der Waals surface area contributed by atoms with E-state index >= 15 is 0 Å². The Morgan fingerprint density at radius 2 is 1.31 bits per heavy atom. The second-order valence-corrected chi connectivity index (χ2v) is 12.3. The van der Waals surface area contributed by atoms with Crippen LogP contribution < -0.4 is 10.1 Å². The van der Waals surface area contributed by atoms with Gasteiger partial charge in [-0.05, 0) is 48.6 Å². The lowest BCUT2D eigenvalue weighted by Crippen LogP contribution is -2.32. The van der Waals surface area contributed by atoms with Gasteiger partial charge in [-0.25, -0.2) is 9.97 Å². The number of rotatable bonds is 24. The van der Waals surface area contributed by atoms with Crippen molar-refractivity contribution < 1.29 is 14.2 Å². The predicted octanol–water partition coefficient (Wildman–Crippen LogP) is 12.5. The van der Waals surface area contributed by atoms with Gasteiger partial charge in [-0.2, -0.15) is 0 Å². The summed E-state index contributed by atoms with van der Waals surface area (Å²) in [6.07, 6.45) is 23.7. The minimum atomic E-state index is -0.492. The third-order valence-corrected chi connectivity index (χ3v) is 8.44. The van der Waals surface area contributed by atoms with Gasteiger partial charge in [-0.1, -0.05) is 160 Å². The quantitative estimate of drug-likeness (QED) is 0.0584. The van der Waals surface area contributed by atoms with Crippen molar-refractivity contribution in [1.82, 2.24) is 15.3 Å². The third kappa shape index (κ3) is 15.7. The van der Waals surface area contributed by atoms with Gasteiger partial charge in [0.05, 0.1) is 12.6 Å². The molecule has 49 heavy (non-hydrogen) atoms. The molecule has 2 aromatic carbocycles. The molecule has 0 bridgehead atoms. The summed E-state index contributed by atoms with van der Waals surface area (Å²) < 4.78 is 19.0. The van der Waals surface area contributed by atoms with Gasteiger partial charge >= 0.3 is 0 Å². The SMILES string of the molecule is C=C/C=C(\C)C(=C)NC(Cc1ccc(-c2ncc(-c3ccc(OCCCCCCCCCCCCCC)cc3)cn2)cc1)C(=C)OF.CC. The van der Waals surface area contributed by atoms with E-state index in [4.69, 9.17) is 4.74 Å². The Hall–Kier alpha value is -4.19. The van der Waals surface area contributed by atoms with Crippen LogP contribution in [0.5, 0.6) is 5.75 Å². The van der Waals surface area contributed by atoms with E-state index in [1.807, 2.05) is 87.8 Å². The van der Waals surface area contributed by atoms with E-state index in [1.165, 1.54) is 70.6 Å². The fraction of sp³-hybridized carbons (Fsp3) is 0.442. The molecule has 3 rings (SSSR count). The van der Waals surface area contributed by atoms with E-state index in [0.29, 0.717) is 17.9 Å². The first-order chi connectivity index (χ1) is 23.9. The summed E-state index contributed by atoms with van der Waals surface area (Å²) in [7, 11) is 0. The van der Waals surface area contributed by atoms with E-state index in [-0.39, 0.29) is 5.76 Å². The maximum Gasteiger partial charge on any atom is 0.164 e. The molecule has 1 heterocycles. The molecule has 1 N–H and O–H groups in total. The molecule has 0 fully saturated rings. The smallest absolute Gasteiger partial charge is 0.164 e. The van der Waals surface area contributed by atoms with Gasteiger partial charge in [-0.15, -0.1) is 0 Å². The summed E-state index contributed by atoms with van der Waals surface area (Å²) in [5.41, 5.74) is 5.38. The Morgan fingerprint density at radius 3 is 1.84 bits per heavy atom. The molecule has 1 unspecified atom stereocenters. The molecular formula is C43H60FN3O2. The molecule has 1 aromatic heterocycles. The van der Waals surface area contributed by atoms with Gasteiger partial charge in [0, 0.05) is 33.7 Å². The molecule has 0 saturated heterocycles. The summed E-state index contributed by atoms with van der Waals surface area (Å²) in [4.78, 5) is 13.2. The first-order valence-corrected chi connectivity index (χ1v) is 18.3. The second-order valence-electron chi connectivity index (χ2n) is 12.3. The standard InChI is InChI=1S/C41H54FN3O2.C2H6/c1-6-8-9-10-11-12-13-14-15-16-17-18-28-46-39-26-24-36(25-27-39)38-30-43-41(44-31-38)37-22-20-35(21-23-37)29-40(34(5)47-42)45-33(4)32(3)19-7-2;1-2/h7,19-27,30-31,40,45H,2,4-6,8-18,28-29H2,1,3H3;1-2H3/b32-19+;. The van der Waals surface area contributed by atoms with E-state index in [0.717, 1.165) is 46.6 Å². The molecule has 0 amide bonds. The number of aromatic nitrogens is 2. The maximum absolute atomic E-state index is 13.0. The molecule has 0 aliphatic rings. The van der Waals surface area contributed by atoms with Crippen molar-refractivity contribution in [3.8, 4) is 28.3 Å². The lowest BCUT2D eigenvalue weighted by Gasteiger charge is -2.21. The highest BCUT2D eigenvalue weighted by Gasteiger charge is 2.17. The number of allylic oxidation sites excluding steroid dienone is 3. The van der Waals surface area contributed by atoms with Crippen LogP contribution in [-0.4, -0.2) is 22.6 Å². The Kier molecular flexibility index (Phi) is 20.8. The van der Waals surface area contributed by atoms with E-state index in [9.17, 15) is 4.53 Å². The van der Waals surface area contributed by atoms with Crippen molar-refractivity contribution in [2.75, 3.05) is 6.61 Å². The number of hydrogen-bond donors (Lipinski definition) is 1. The Bertz CT molecular complexity index is 1380. The van der Waals surface area contributed by atoms with E-state index < -0.39 is 6.04 Å². The fourth-order valence-electron chi connectivity index (χ4n) is 5.43. The zero-order valence-electron chi connectivity index (χ0n) is 30.6. The van der Waals surface area contributed by atoms with Crippen LogP contribution in [0.15, 0.2) is 110 Å². The van der Waals surface area contributed by atoms with Crippen molar-refractivity contribution in [1.29, 1.82) is 0 Å². The molecule has 0 spiro atoms. The summed E-state index contributed by atoms with van der Waals surface area (Å²) in [6.45, 7) is 20.4. The van der Waals surface area contributed by atoms with Crippen molar-refractivity contribution in [3.05, 3.63) is 115 Å². The lowest BCUT2D eigenvalue weighted by molar-refractivity contribution is -0.0903. The summed E-state index contributed by atoms with van der Waals surface area (Å²) >= 11 is 0. The van der Waals surface area contributed by atoms with Crippen LogP contribution in [0, 0.1) is 0 Å². The minimum Gasteiger partial charge on any atom is -0.494 e. The second kappa shape index (κ2) is 24.9. The van der Waals surface area contributed by atoms with Crippen LogP contribution in [0.4, 0.5) is 4.53 Å². The van der Waals surface area contributed by atoms with Crippen molar-refractivity contribution >= 4 is 0 Å². The Morgan fingerprint density at radius 1 is 0.776 bits per heavy atom. The van der Waals surface area contributed by atoms with Crippen LogP contribution in [-0.2, 0) is 11.4 Å². The molecule has 0 saturated carbocycles. The largest absolute Gasteiger partial charge is 0.494 e. The molecule has 266 valence electrons. The fourth-order valence-corrected chi connectivity index (χ4v) is 5.43. The van der Waals surface area contributed by atoms with Crippen LogP contribution >= 0.6 is 0 Å². The zero-order chi connectivity index (χ0) is 35.7. The van der Waals surface area contributed by atoms with Gasteiger partial charge in [0.1, 0.15) is 5.75 Å². The summed E-state index contributed by atoms with van der Waals surface area (Å²) in [5, 5.41) is 3.19. The number of nitrogens with one attached hydrogen (secondary N) is 1. The van der Waals surface area contributed by atoms with Crippen LogP contribution in [0.25, 0.3) is 22.5 Å². The number of halogens is 1. The predicted molar refractivity (Wildman–Crippen MR) is 206 cm³/mol. The van der Waals surface area contributed by atoms with Gasteiger partial charge in [0.15, 0.2) is 11.6 Å². The van der Waals surface area contributed by atoms with Crippen LogP contribution in [0.3, 0.4) is 0 Å². The van der Waals surface area contributed by atoms with Gasteiger partial charge in [-0.3, -0.25) is 4.94 Å². The van der Waals surface area contributed by atoms with Crippen molar-refractivity contribution in [2.24, 2.45) is 0 Å². The molecule has 0 aliphatic heterocycles. The molecule has 5 nitrogen and oxygen atoms in total. The molecule has 3 aromatic rings.